The second kappa shape index (κ2) is 7.31. The van der Waals surface area contributed by atoms with Gasteiger partial charge in [-0.2, -0.15) is 0 Å². The highest BCUT2D eigenvalue weighted by Crippen LogP contribution is 2.60. The van der Waals surface area contributed by atoms with Crippen molar-refractivity contribution < 1.29 is 9.59 Å². The van der Waals surface area contributed by atoms with E-state index in [2.05, 4.69) is 15.5 Å². The average molecular weight is 422 g/mol. The molecule has 2 amide bonds. The fourth-order valence-electron chi connectivity index (χ4n) is 7.44. The van der Waals surface area contributed by atoms with Gasteiger partial charge >= 0.3 is 0 Å². The van der Waals surface area contributed by atoms with Crippen LogP contribution in [0.3, 0.4) is 0 Å². The summed E-state index contributed by atoms with van der Waals surface area (Å²) in [6, 6.07) is 5.49. The van der Waals surface area contributed by atoms with Crippen LogP contribution in [0, 0.1) is 23.2 Å². The molecule has 7 nitrogen and oxygen atoms in total. The molecule has 0 spiro atoms. The van der Waals surface area contributed by atoms with E-state index in [1.54, 1.807) is 0 Å². The molecule has 3 heterocycles. The number of nitrogens with zero attached hydrogens (tertiary/aromatic N) is 4. The molecule has 2 aromatic heterocycles. The molecule has 7 rings (SSSR count). The summed E-state index contributed by atoms with van der Waals surface area (Å²) in [6.45, 7) is 1.23. The predicted octanol–water partition coefficient (Wildman–Crippen LogP) is 2.60. The summed E-state index contributed by atoms with van der Waals surface area (Å²) in [6.07, 6.45) is 11.4. The monoisotopic (exact) mass is 421 g/mol. The molecule has 1 aliphatic heterocycles. The highest BCUT2D eigenvalue weighted by molar-refractivity contribution is 5.91. The minimum atomic E-state index is -0.310. The smallest absolute Gasteiger partial charge is 0.242 e. The van der Waals surface area contributed by atoms with Gasteiger partial charge in [0.25, 0.3) is 0 Å². The zero-order chi connectivity index (χ0) is 21.0. The van der Waals surface area contributed by atoms with E-state index < -0.39 is 0 Å². The summed E-state index contributed by atoms with van der Waals surface area (Å²) < 4.78 is 1.95. The molecule has 4 saturated carbocycles. The third kappa shape index (κ3) is 3.24. The van der Waals surface area contributed by atoms with Crippen LogP contribution < -0.4 is 5.32 Å². The minimum absolute atomic E-state index is 0.00982. The number of hydrogen-bond donors (Lipinski definition) is 1. The van der Waals surface area contributed by atoms with Gasteiger partial charge in [0.2, 0.25) is 11.8 Å². The first-order chi connectivity index (χ1) is 15.1. The van der Waals surface area contributed by atoms with Crippen molar-refractivity contribution in [2.45, 2.75) is 63.8 Å². The maximum atomic E-state index is 13.7. The molecule has 0 aromatic carbocycles. The lowest BCUT2D eigenvalue weighted by molar-refractivity contribution is -0.160. The van der Waals surface area contributed by atoms with Crippen LogP contribution in [0.4, 0.5) is 0 Å². The molecule has 1 N–H and O–H groups in total. The molecule has 7 heteroatoms. The number of nitrogens with one attached hydrogen (secondary N) is 1. The van der Waals surface area contributed by atoms with Crippen molar-refractivity contribution in [2.24, 2.45) is 23.2 Å². The van der Waals surface area contributed by atoms with E-state index in [1.165, 1.54) is 19.3 Å². The van der Waals surface area contributed by atoms with E-state index in [1.807, 2.05) is 33.7 Å². The van der Waals surface area contributed by atoms with Crippen molar-refractivity contribution in [3.05, 3.63) is 30.2 Å². The molecule has 5 aliphatic rings. The van der Waals surface area contributed by atoms with E-state index in [4.69, 9.17) is 0 Å². The SMILES string of the molecule is O=C(NCCc1nnc2ccccn12)[C@@H]1CCCN1C(=O)C12CC3CC(CC(C3)C1)C2. The largest absolute Gasteiger partial charge is 0.354 e. The van der Waals surface area contributed by atoms with Crippen molar-refractivity contribution >= 4 is 17.5 Å². The Hall–Kier alpha value is -2.44. The van der Waals surface area contributed by atoms with E-state index in [9.17, 15) is 9.59 Å². The molecule has 5 fully saturated rings. The van der Waals surface area contributed by atoms with Crippen LogP contribution >= 0.6 is 0 Å². The summed E-state index contributed by atoms with van der Waals surface area (Å²) in [5.74, 6) is 3.33. The van der Waals surface area contributed by atoms with Gasteiger partial charge in [0.1, 0.15) is 11.9 Å². The molecular formula is C24H31N5O2. The zero-order valence-corrected chi connectivity index (χ0v) is 18.0. The first kappa shape index (κ1) is 19.3. The lowest BCUT2D eigenvalue weighted by atomic mass is 9.49. The van der Waals surface area contributed by atoms with Gasteiger partial charge in [-0.05, 0) is 81.3 Å². The van der Waals surface area contributed by atoms with Crippen LogP contribution in [0.25, 0.3) is 5.65 Å². The first-order valence-electron chi connectivity index (χ1n) is 12.0. The molecule has 0 radical (unpaired) electrons. The van der Waals surface area contributed by atoms with Crippen LogP contribution in [0.5, 0.6) is 0 Å². The molecule has 164 valence electrons. The number of aromatic nitrogens is 3. The van der Waals surface area contributed by atoms with Gasteiger partial charge in [-0.1, -0.05) is 6.07 Å². The predicted molar refractivity (Wildman–Crippen MR) is 115 cm³/mol. The van der Waals surface area contributed by atoms with Gasteiger partial charge in [-0.25, -0.2) is 0 Å². The number of carbonyl (C=O) groups is 2. The van der Waals surface area contributed by atoms with Crippen LogP contribution in [0.2, 0.25) is 0 Å². The van der Waals surface area contributed by atoms with Crippen LogP contribution in [0.15, 0.2) is 24.4 Å². The topological polar surface area (TPSA) is 79.6 Å². The van der Waals surface area contributed by atoms with E-state index in [-0.39, 0.29) is 23.3 Å². The van der Waals surface area contributed by atoms with Gasteiger partial charge in [0.05, 0.1) is 5.41 Å². The van der Waals surface area contributed by atoms with Crippen LogP contribution in [-0.4, -0.2) is 50.4 Å². The van der Waals surface area contributed by atoms with Crippen LogP contribution in [-0.2, 0) is 16.0 Å². The summed E-state index contributed by atoms with van der Waals surface area (Å²) in [7, 11) is 0. The lowest BCUT2D eigenvalue weighted by Gasteiger charge is -2.56. The van der Waals surface area contributed by atoms with Gasteiger partial charge in [-0.3, -0.25) is 14.0 Å². The minimum Gasteiger partial charge on any atom is -0.354 e. The summed E-state index contributed by atoms with van der Waals surface area (Å²) >= 11 is 0. The van der Waals surface area contributed by atoms with Crippen molar-refractivity contribution in [3.63, 3.8) is 0 Å². The average Bonchev–Trinajstić information content (AvgIpc) is 3.40. The van der Waals surface area contributed by atoms with Crippen molar-refractivity contribution in [1.29, 1.82) is 0 Å². The summed E-state index contributed by atoms with van der Waals surface area (Å²) in [5, 5.41) is 11.5. The standard InChI is InChI=1S/C24H31N5O2/c30-22(25-7-6-21-27-26-20-5-1-2-8-29(20)21)19-4-3-9-28(19)23(31)24-13-16-10-17(14-24)12-18(11-16)15-24/h1-2,5,8,16-19H,3-4,6-7,9-15H2,(H,25,30)/t16?,17?,18?,19-,24?/m0/s1. The molecule has 1 saturated heterocycles. The fraction of sp³-hybridized carbons (Fsp3) is 0.667. The van der Waals surface area contributed by atoms with E-state index >= 15 is 0 Å². The Morgan fingerprint density at radius 3 is 2.55 bits per heavy atom. The fourth-order valence-corrected chi connectivity index (χ4v) is 7.44. The van der Waals surface area contributed by atoms with E-state index in [0.717, 1.165) is 67.9 Å². The number of likely N-dealkylation sites (tertiary alicyclic amines) is 1. The molecule has 1 atom stereocenters. The molecule has 31 heavy (non-hydrogen) atoms. The summed E-state index contributed by atoms with van der Waals surface area (Å²) in [4.78, 5) is 28.7. The normalized spacial score (nSPS) is 33.9. The van der Waals surface area contributed by atoms with Crippen molar-refractivity contribution in [2.75, 3.05) is 13.1 Å². The Kier molecular flexibility index (Phi) is 4.54. The molecule has 0 unspecified atom stereocenters. The molecule has 4 aliphatic carbocycles. The molecule has 2 aromatic rings. The second-order valence-electron chi connectivity index (χ2n) is 10.4. The van der Waals surface area contributed by atoms with Crippen molar-refractivity contribution in [3.8, 4) is 0 Å². The maximum Gasteiger partial charge on any atom is 0.242 e. The number of hydrogen-bond acceptors (Lipinski definition) is 4. The quantitative estimate of drug-likeness (QED) is 0.805. The number of fused-ring (bicyclic) bond motifs is 1. The number of rotatable bonds is 5. The Bertz CT molecular complexity index is 979. The maximum absolute atomic E-state index is 13.7. The first-order valence-corrected chi connectivity index (χ1v) is 12.0. The third-order valence-electron chi connectivity index (χ3n) is 8.34. The van der Waals surface area contributed by atoms with Gasteiger partial charge in [0.15, 0.2) is 5.65 Å². The second-order valence-corrected chi connectivity index (χ2v) is 10.4. The van der Waals surface area contributed by atoms with Gasteiger partial charge in [0, 0.05) is 25.7 Å². The number of carbonyl (C=O) groups excluding carboxylic acids is 2. The summed E-state index contributed by atoms with van der Waals surface area (Å²) in [5.41, 5.74) is 0.643. The van der Waals surface area contributed by atoms with E-state index in [0.29, 0.717) is 13.0 Å². The van der Waals surface area contributed by atoms with Crippen LogP contribution in [0.1, 0.15) is 57.2 Å². The highest BCUT2D eigenvalue weighted by Gasteiger charge is 2.56. The van der Waals surface area contributed by atoms with Gasteiger partial charge in [-0.15, -0.1) is 10.2 Å². The highest BCUT2D eigenvalue weighted by atomic mass is 16.2. The number of pyridine rings is 1. The zero-order valence-electron chi connectivity index (χ0n) is 18.0. The van der Waals surface area contributed by atoms with Crippen molar-refractivity contribution in [1.82, 2.24) is 24.8 Å². The molecule has 4 bridgehead atoms. The Morgan fingerprint density at radius 1 is 1.06 bits per heavy atom. The Morgan fingerprint density at radius 2 is 1.81 bits per heavy atom. The van der Waals surface area contributed by atoms with Gasteiger partial charge < -0.3 is 10.2 Å². The Labute approximate surface area is 182 Å². The Balaban J connectivity index is 1.11. The third-order valence-corrected chi connectivity index (χ3v) is 8.34. The molecular weight excluding hydrogens is 390 g/mol. The lowest BCUT2D eigenvalue weighted by Crippen LogP contribution is -2.57. The number of amides is 2.